The van der Waals surface area contributed by atoms with Crippen LogP contribution in [0.5, 0.6) is 0 Å². The van der Waals surface area contributed by atoms with Crippen LogP contribution >= 0.6 is 22.7 Å². The molecular weight excluding hydrogens is 288 g/mol. The minimum atomic E-state index is 0.0550. The third kappa shape index (κ3) is 3.35. The van der Waals surface area contributed by atoms with Gasteiger partial charge in [-0.15, -0.1) is 32.9 Å². The van der Waals surface area contributed by atoms with Crippen LogP contribution in [-0.4, -0.2) is 15.2 Å². The van der Waals surface area contributed by atoms with Crippen molar-refractivity contribution in [1.29, 1.82) is 0 Å². The van der Waals surface area contributed by atoms with Crippen LogP contribution in [0.2, 0.25) is 0 Å². The standard InChI is InChI=1S/C14H22N4S2/c1-9-17-18-11(19-9)14(4,5)7-6-13(2,3)10-8-16-12(15)20-10/h8H,6-7H2,1-5H3,(H2,15,16). The Balaban J connectivity index is 2.07. The molecule has 2 rings (SSSR count). The van der Waals surface area contributed by atoms with E-state index in [9.17, 15) is 0 Å². The Morgan fingerprint density at radius 2 is 1.70 bits per heavy atom. The van der Waals surface area contributed by atoms with Gasteiger partial charge in [-0.25, -0.2) is 4.98 Å². The SMILES string of the molecule is Cc1nnc(C(C)(C)CCC(C)(C)c2cnc(N)s2)s1. The smallest absolute Gasteiger partial charge is 0.180 e. The minimum Gasteiger partial charge on any atom is -0.375 e. The highest BCUT2D eigenvalue weighted by atomic mass is 32.1. The van der Waals surface area contributed by atoms with E-state index in [-0.39, 0.29) is 10.8 Å². The number of thiazole rings is 1. The fraction of sp³-hybridized carbons (Fsp3) is 0.643. The molecule has 0 spiro atoms. The second-order valence-corrected chi connectivity index (χ2v) is 8.70. The second kappa shape index (κ2) is 5.41. The lowest BCUT2D eigenvalue weighted by Crippen LogP contribution is -2.23. The summed E-state index contributed by atoms with van der Waals surface area (Å²) in [6.07, 6.45) is 4.04. The molecule has 20 heavy (non-hydrogen) atoms. The zero-order valence-electron chi connectivity index (χ0n) is 12.7. The van der Waals surface area contributed by atoms with Crippen molar-refractivity contribution < 1.29 is 0 Å². The summed E-state index contributed by atoms with van der Waals surface area (Å²) in [5, 5.41) is 11.2. The summed E-state index contributed by atoms with van der Waals surface area (Å²) < 4.78 is 0. The molecule has 0 saturated carbocycles. The molecule has 0 bridgehead atoms. The predicted molar refractivity (Wildman–Crippen MR) is 86.5 cm³/mol. The van der Waals surface area contributed by atoms with Crippen molar-refractivity contribution >= 4 is 27.8 Å². The first kappa shape index (κ1) is 15.4. The van der Waals surface area contributed by atoms with E-state index < -0.39 is 0 Å². The summed E-state index contributed by atoms with van der Waals surface area (Å²) in [7, 11) is 0. The maximum absolute atomic E-state index is 5.74. The van der Waals surface area contributed by atoms with Gasteiger partial charge in [-0.3, -0.25) is 0 Å². The van der Waals surface area contributed by atoms with Crippen LogP contribution in [0.25, 0.3) is 0 Å². The largest absolute Gasteiger partial charge is 0.375 e. The van der Waals surface area contributed by atoms with E-state index in [4.69, 9.17) is 5.73 Å². The Hall–Kier alpha value is -1.01. The molecule has 0 fully saturated rings. The number of hydrogen-bond acceptors (Lipinski definition) is 6. The molecule has 4 nitrogen and oxygen atoms in total. The number of nitrogen functional groups attached to an aromatic ring is 1. The molecular formula is C14H22N4S2. The number of nitrogens with two attached hydrogens (primary N) is 1. The van der Waals surface area contributed by atoms with Gasteiger partial charge >= 0.3 is 0 Å². The molecule has 0 aromatic carbocycles. The number of nitrogens with zero attached hydrogens (tertiary/aromatic N) is 3. The highest BCUT2D eigenvalue weighted by Gasteiger charge is 2.30. The Bertz CT molecular complexity index is 531. The number of anilines is 1. The monoisotopic (exact) mass is 310 g/mol. The lowest BCUT2D eigenvalue weighted by molar-refractivity contribution is 0.376. The van der Waals surface area contributed by atoms with Crippen LogP contribution in [0.1, 0.15) is 55.4 Å². The normalized spacial score (nSPS) is 12.8. The molecule has 0 saturated heterocycles. The molecule has 0 radical (unpaired) electrons. The number of aromatic nitrogens is 3. The van der Waals surface area contributed by atoms with E-state index in [1.165, 1.54) is 4.88 Å². The second-order valence-electron chi connectivity index (χ2n) is 6.46. The van der Waals surface area contributed by atoms with Gasteiger partial charge in [-0.05, 0) is 19.8 Å². The van der Waals surface area contributed by atoms with E-state index in [0.29, 0.717) is 5.13 Å². The van der Waals surface area contributed by atoms with Crippen LogP contribution in [0, 0.1) is 6.92 Å². The predicted octanol–water partition coefficient (Wildman–Crippen LogP) is 3.92. The van der Waals surface area contributed by atoms with Crippen molar-refractivity contribution in [2.24, 2.45) is 0 Å². The zero-order chi connectivity index (χ0) is 15.0. The maximum Gasteiger partial charge on any atom is 0.180 e. The summed E-state index contributed by atoms with van der Waals surface area (Å²) >= 11 is 3.28. The number of aryl methyl sites for hydroxylation is 1. The molecule has 110 valence electrons. The first-order valence-corrected chi connectivity index (χ1v) is 8.36. The molecule has 0 unspecified atom stereocenters. The fourth-order valence-corrected chi connectivity index (χ4v) is 3.66. The number of hydrogen-bond donors (Lipinski definition) is 1. The topological polar surface area (TPSA) is 64.7 Å². The van der Waals surface area contributed by atoms with Gasteiger partial charge in [-0.1, -0.05) is 27.7 Å². The van der Waals surface area contributed by atoms with Gasteiger partial charge in [-0.2, -0.15) is 0 Å². The highest BCUT2D eigenvalue weighted by molar-refractivity contribution is 7.15. The van der Waals surface area contributed by atoms with E-state index >= 15 is 0 Å². The molecule has 0 amide bonds. The third-order valence-corrected chi connectivity index (χ3v) is 6.07. The molecule has 0 atom stereocenters. The Kier molecular flexibility index (Phi) is 4.16. The van der Waals surface area contributed by atoms with E-state index in [0.717, 1.165) is 22.9 Å². The average Bonchev–Trinajstić information content (AvgIpc) is 2.96. The van der Waals surface area contributed by atoms with Gasteiger partial charge in [0.1, 0.15) is 10.0 Å². The van der Waals surface area contributed by atoms with Crippen LogP contribution in [0.15, 0.2) is 6.20 Å². The fourth-order valence-electron chi connectivity index (χ4n) is 2.03. The summed E-state index contributed by atoms with van der Waals surface area (Å²) in [4.78, 5) is 5.41. The Morgan fingerprint density at radius 3 is 2.20 bits per heavy atom. The lowest BCUT2D eigenvalue weighted by atomic mass is 9.79. The lowest BCUT2D eigenvalue weighted by Gasteiger charge is -2.28. The molecule has 2 aromatic rings. The van der Waals surface area contributed by atoms with Crippen LogP contribution in [0.4, 0.5) is 5.13 Å². The van der Waals surface area contributed by atoms with Gasteiger partial charge in [0.2, 0.25) is 0 Å². The van der Waals surface area contributed by atoms with Crippen molar-refractivity contribution in [3.63, 3.8) is 0 Å². The van der Waals surface area contributed by atoms with E-state index in [1.54, 1.807) is 22.7 Å². The molecule has 2 aromatic heterocycles. The Labute approximate surface area is 128 Å². The van der Waals surface area contributed by atoms with Crippen molar-refractivity contribution in [3.05, 3.63) is 21.1 Å². The van der Waals surface area contributed by atoms with Gasteiger partial charge < -0.3 is 5.73 Å². The average molecular weight is 310 g/mol. The van der Waals surface area contributed by atoms with Crippen LogP contribution in [-0.2, 0) is 10.8 Å². The van der Waals surface area contributed by atoms with Gasteiger partial charge in [0.05, 0.1) is 0 Å². The van der Waals surface area contributed by atoms with E-state index in [2.05, 4.69) is 42.9 Å². The van der Waals surface area contributed by atoms with Crippen LogP contribution < -0.4 is 5.73 Å². The first-order chi connectivity index (χ1) is 9.21. The van der Waals surface area contributed by atoms with Crippen molar-refractivity contribution in [2.45, 2.75) is 58.3 Å². The Morgan fingerprint density at radius 1 is 1.05 bits per heavy atom. The van der Waals surface area contributed by atoms with Gasteiger partial charge in [0, 0.05) is 21.9 Å². The molecule has 0 aliphatic rings. The molecule has 2 heterocycles. The maximum atomic E-state index is 5.74. The summed E-state index contributed by atoms with van der Waals surface area (Å²) in [6, 6.07) is 0. The van der Waals surface area contributed by atoms with Crippen molar-refractivity contribution in [1.82, 2.24) is 15.2 Å². The first-order valence-electron chi connectivity index (χ1n) is 6.73. The van der Waals surface area contributed by atoms with Crippen molar-refractivity contribution in [3.8, 4) is 0 Å². The van der Waals surface area contributed by atoms with Gasteiger partial charge in [0.15, 0.2) is 5.13 Å². The highest BCUT2D eigenvalue weighted by Crippen LogP contribution is 2.38. The minimum absolute atomic E-state index is 0.0550. The van der Waals surface area contributed by atoms with E-state index in [1.807, 2.05) is 13.1 Å². The summed E-state index contributed by atoms with van der Waals surface area (Å²) in [5.41, 5.74) is 5.89. The summed E-state index contributed by atoms with van der Waals surface area (Å²) in [5.74, 6) is 0. The quantitative estimate of drug-likeness (QED) is 0.909. The van der Waals surface area contributed by atoms with Crippen molar-refractivity contribution in [2.75, 3.05) is 5.73 Å². The van der Waals surface area contributed by atoms with Crippen LogP contribution in [0.3, 0.4) is 0 Å². The number of rotatable bonds is 5. The van der Waals surface area contributed by atoms with Gasteiger partial charge in [0.25, 0.3) is 0 Å². The molecule has 0 aliphatic heterocycles. The molecule has 6 heteroatoms. The molecule has 2 N–H and O–H groups in total. The zero-order valence-corrected chi connectivity index (χ0v) is 14.4. The molecule has 0 aliphatic carbocycles. The third-order valence-electron chi connectivity index (χ3n) is 3.67. The summed E-state index contributed by atoms with van der Waals surface area (Å²) in [6.45, 7) is 11.0.